The first kappa shape index (κ1) is 31.5. The number of rotatable bonds is 10. The van der Waals surface area contributed by atoms with Gasteiger partial charge in [0, 0.05) is 47.9 Å². The quantitative estimate of drug-likeness (QED) is 0.263. The number of primary amides is 1. The summed E-state index contributed by atoms with van der Waals surface area (Å²) < 4.78 is 21.8. The molecule has 9 nitrogen and oxygen atoms in total. The second kappa shape index (κ2) is 13.0. The number of nitrogens with zero attached hydrogens (tertiary/aromatic N) is 2. The molecule has 10 heteroatoms. The SMILES string of the molecule is CCC1(CC)CC(=O)n2c(c(-c3ccc(C(N)=O)c(NC4CCC(OC(=O)NCCN(C)C)CC4)c3)c3ccc(F)cc32)C1. The number of nitrogens with two attached hydrogens (primary N) is 1. The number of anilines is 1. The molecule has 0 saturated heterocycles. The Kier molecular flexibility index (Phi) is 9.29. The van der Waals surface area contributed by atoms with E-state index in [-0.39, 0.29) is 23.5 Å². The van der Waals surface area contributed by atoms with Crippen molar-refractivity contribution in [3.05, 3.63) is 53.5 Å². The molecule has 2 heterocycles. The van der Waals surface area contributed by atoms with Crippen LogP contribution < -0.4 is 16.4 Å². The number of aromatic nitrogens is 1. The maximum absolute atomic E-state index is 14.5. The summed E-state index contributed by atoms with van der Waals surface area (Å²) in [6.45, 7) is 5.50. The molecule has 3 aromatic rings. The van der Waals surface area contributed by atoms with E-state index in [4.69, 9.17) is 10.5 Å². The van der Waals surface area contributed by atoms with Gasteiger partial charge in [0.2, 0.25) is 5.91 Å². The van der Waals surface area contributed by atoms with Gasteiger partial charge in [0.25, 0.3) is 5.91 Å². The third-order valence-electron chi connectivity index (χ3n) is 9.56. The lowest BCUT2D eigenvalue weighted by Crippen LogP contribution is -2.36. The van der Waals surface area contributed by atoms with Crippen LogP contribution in [0.4, 0.5) is 14.9 Å². The maximum Gasteiger partial charge on any atom is 0.407 e. The Morgan fingerprint density at radius 1 is 1.07 bits per heavy atom. The number of amides is 2. The molecule has 0 unspecified atom stereocenters. The van der Waals surface area contributed by atoms with Crippen LogP contribution in [0, 0.1) is 11.2 Å². The van der Waals surface area contributed by atoms with Gasteiger partial charge in [-0.25, -0.2) is 9.18 Å². The number of nitrogens with one attached hydrogen (secondary N) is 2. The minimum atomic E-state index is -0.539. The van der Waals surface area contributed by atoms with E-state index in [0.717, 1.165) is 54.4 Å². The Hall–Kier alpha value is -3.92. The summed E-state index contributed by atoms with van der Waals surface area (Å²) in [5, 5.41) is 7.14. The van der Waals surface area contributed by atoms with Crippen LogP contribution in [-0.2, 0) is 11.2 Å². The summed E-state index contributed by atoms with van der Waals surface area (Å²) in [5.74, 6) is -0.950. The molecule has 2 aromatic carbocycles. The molecular formula is C34H44FN5O4. The van der Waals surface area contributed by atoms with Crippen LogP contribution in [0.2, 0.25) is 0 Å². The van der Waals surface area contributed by atoms with Gasteiger partial charge in [-0.3, -0.25) is 14.2 Å². The number of carbonyl (C=O) groups excluding carboxylic acids is 3. The molecule has 1 fully saturated rings. The van der Waals surface area contributed by atoms with Crippen LogP contribution in [0.5, 0.6) is 0 Å². The number of alkyl carbamates (subject to hydrolysis) is 1. The summed E-state index contributed by atoms with van der Waals surface area (Å²) in [4.78, 5) is 40.2. The van der Waals surface area contributed by atoms with Gasteiger partial charge in [-0.15, -0.1) is 0 Å². The number of benzene rings is 2. The van der Waals surface area contributed by atoms with Crippen LogP contribution in [-0.4, -0.2) is 66.7 Å². The molecule has 0 atom stereocenters. The Morgan fingerprint density at radius 2 is 1.80 bits per heavy atom. The largest absolute Gasteiger partial charge is 0.446 e. The summed E-state index contributed by atoms with van der Waals surface area (Å²) in [6.07, 6.45) is 5.20. The first-order valence-corrected chi connectivity index (χ1v) is 15.7. The zero-order valence-electron chi connectivity index (χ0n) is 26.2. The lowest BCUT2D eigenvalue weighted by molar-refractivity contribution is 0.0727. The summed E-state index contributed by atoms with van der Waals surface area (Å²) >= 11 is 0. The van der Waals surface area contributed by atoms with E-state index in [2.05, 4.69) is 24.5 Å². The molecule has 2 aliphatic rings. The van der Waals surface area contributed by atoms with Gasteiger partial charge in [-0.05, 0) is 100 Å². The third-order valence-corrected chi connectivity index (χ3v) is 9.56. The number of hydrogen-bond acceptors (Lipinski definition) is 6. The minimum Gasteiger partial charge on any atom is -0.446 e. The van der Waals surface area contributed by atoms with E-state index < -0.39 is 17.8 Å². The molecule has 1 aliphatic heterocycles. The van der Waals surface area contributed by atoms with E-state index in [1.54, 1.807) is 16.7 Å². The van der Waals surface area contributed by atoms with E-state index in [1.165, 1.54) is 12.1 Å². The van der Waals surface area contributed by atoms with E-state index in [1.807, 2.05) is 31.1 Å². The highest BCUT2D eigenvalue weighted by Gasteiger charge is 2.39. The smallest absolute Gasteiger partial charge is 0.407 e. The predicted molar refractivity (Wildman–Crippen MR) is 171 cm³/mol. The monoisotopic (exact) mass is 605 g/mol. The first-order chi connectivity index (χ1) is 21.0. The first-order valence-electron chi connectivity index (χ1n) is 15.7. The fraction of sp³-hybridized carbons (Fsp3) is 0.500. The zero-order chi connectivity index (χ0) is 31.6. The van der Waals surface area contributed by atoms with Crippen molar-refractivity contribution in [1.82, 2.24) is 14.8 Å². The Labute approximate surface area is 258 Å². The second-order valence-electron chi connectivity index (χ2n) is 12.7. The van der Waals surface area contributed by atoms with Crippen molar-refractivity contribution in [3.8, 4) is 11.1 Å². The van der Waals surface area contributed by atoms with Crippen molar-refractivity contribution in [2.45, 2.75) is 77.4 Å². The van der Waals surface area contributed by atoms with Crippen molar-refractivity contribution < 1.29 is 23.5 Å². The van der Waals surface area contributed by atoms with Gasteiger partial charge in [-0.1, -0.05) is 19.9 Å². The van der Waals surface area contributed by atoms with Crippen molar-refractivity contribution in [2.75, 3.05) is 32.5 Å². The Balaban J connectivity index is 1.42. The normalized spacial score (nSPS) is 19.5. The molecule has 5 rings (SSSR count). The standard InChI is InChI=1S/C34H44FN5O4/c1-5-34(6-2)19-29-31(26-14-8-22(35)18-28(26)40(29)30(41)20-34)21-7-13-25(32(36)42)27(17-21)38-23-9-11-24(12-10-23)44-33(43)37-15-16-39(3)4/h7-8,13-14,17-18,23-24,38H,5-6,9-12,15-16,19-20H2,1-4H3,(H2,36,42)(H,37,43). The molecule has 44 heavy (non-hydrogen) atoms. The highest BCUT2D eigenvalue weighted by Crippen LogP contribution is 2.46. The number of ether oxygens (including phenoxy) is 1. The van der Waals surface area contributed by atoms with Crippen LogP contribution in [0.3, 0.4) is 0 Å². The molecule has 0 spiro atoms. The van der Waals surface area contributed by atoms with Gasteiger partial charge in [0.15, 0.2) is 0 Å². The highest BCUT2D eigenvalue weighted by molar-refractivity contribution is 6.06. The molecule has 1 aliphatic carbocycles. The topological polar surface area (TPSA) is 119 Å². The van der Waals surface area contributed by atoms with E-state index >= 15 is 0 Å². The van der Waals surface area contributed by atoms with Crippen LogP contribution in [0.1, 0.15) is 79.6 Å². The molecule has 1 aromatic heterocycles. The highest BCUT2D eigenvalue weighted by atomic mass is 19.1. The summed E-state index contributed by atoms with van der Waals surface area (Å²) in [6, 6.07) is 10.2. The number of carbonyl (C=O) groups is 3. The third kappa shape index (κ3) is 6.45. The van der Waals surface area contributed by atoms with Gasteiger partial charge in [0.1, 0.15) is 11.9 Å². The van der Waals surface area contributed by atoms with Crippen molar-refractivity contribution in [1.29, 1.82) is 0 Å². The van der Waals surface area contributed by atoms with E-state index in [0.29, 0.717) is 49.0 Å². The summed E-state index contributed by atoms with van der Waals surface area (Å²) in [7, 11) is 3.89. The molecule has 0 bridgehead atoms. The average Bonchev–Trinajstić information content (AvgIpc) is 3.31. The molecule has 4 N–H and O–H groups in total. The molecule has 2 amide bonds. The Bertz CT molecular complexity index is 1550. The van der Waals surface area contributed by atoms with Gasteiger partial charge >= 0.3 is 6.09 Å². The van der Waals surface area contributed by atoms with Gasteiger partial charge < -0.3 is 26.0 Å². The lowest BCUT2D eigenvalue weighted by Gasteiger charge is -2.36. The molecular weight excluding hydrogens is 561 g/mol. The molecule has 1 saturated carbocycles. The van der Waals surface area contributed by atoms with Crippen molar-refractivity contribution in [3.63, 3.8) is 0 Å². The summed E-state index contributed by atoms with van der Waals surface area (Å²) in [5.41, 5.74) is 9.80. The van der Waals surface area contributed by atoms with Crippen molar-refractivity contribution >= 4 is 34.5 Å². The molecule has 236 valence electrons. The number of fused-ring (bicyclic) bond motifs is 3. The van der Waals surface area contributed by atoms with Crippen molar-refractivity contribution in [2.24, 2.45) is 11.1 Å². The second-order valence-corrected chi connectivity index (χ2v) is 12.7. The fourth-order valence-electron chi connectivity index (χ4n) is 6.81. The number of hydrogen-bond donors (Lipinski definition) is 3. The minimum absolute atomic E-state index is 0.0192. The van der Waals surface area contributed by atoms with Crippen LogP contribution in [0.25, 0.3) is 22.0 Å². The fourth-order valence-corrected chi connectivity index (χ4v) is 6.81. The van der Waals surface area contributed by atoms with Gasteiger partial charge in [0.05, 0.1) is 11.1 Å². The lowest BCUT2D eigenvalue weighted by atomic mass is 9.72. The average molecular weight is 606 g/mol. The van der Waals surface area contributed by atoms with Gasteiger partial charge in [-0.2, -0.15) is 0 Å². The number of halogens is 1. The van der Waals surface area contributed by atoms with Crippen LogP contribution in [0.15, 0.2) is 36.4 Å². The maximum atomic E-state index is 14.5. The molecule has 0 radical (unpaired) electrons. The van der Waals surface area contributed by atoms with E-state index in [9.17, 15) is 18.8 Å². The van der Waals surface area contributed by atoms with Crippen LogP contribution >= 0.6 is 0 Å². The zero-order valence-corrected chi connectivity index (χ0v) is 26.2. The predicted octanol–water partition coefficient (Wildman–Crippen LogP) is 5.95. The Morgan fingerprint density at radius 3 is 2.45 bits per heavy atom. The number of likely N-dealkylation sites (N-methyl/N-ethyl adjacent to an activating group) is 1.